The number of ether oxygens (including phenoxy) is 3. The largest absolute Gasteiger partial charge is 0.388 e. The minimum atomic E-state index is -0.661. The van der Waals surface area contributed by atoms with Gasteiger partial charge in [-0.3, -0.25) is 0 Å². The molecule has 2 rings (SSSR count). The first-order valence-corrected chi connectivity index (χ1v) is 6.18. The fraction of sp³-hybridized carbons (Fsp3) is 0.571. The molecular formula is C14H20O4. The fourth-order valence-corrected chi connectivity index (χ4v) is 1.77. The van der Waals surface area contributed by atoms with E-state index in [1.807, 2.05) is 44.2 Å². The van der Waals surface area contributed by atoms with Crippen molar-refractivity contribution < 1.29 is 19.3 Å². The van der Waals surface area contributed by atoms with Crippen molar-refractivity contribution in [2.24, 2.45) is 0 Å². The molecule has 0 aromatic heterocycles. The van der Waals surface area contributed by atoms with E-state index in [1.54, 1.807) is 0 Å². The maximum atomic E-state index is 9.93. The number of hydrogen-bond acceptors (Lipinski definition) is 4. The van der Waals surface area contributed by atoms with Crippen molar-refractivity contribution in [3.05, 3.63) is 35.9 Å². The third-order valence-corrected chi connectivity index (χ3v) is 2.93. The molecular weight excluding hydrogens is 232 g/mol. The molecule has 0 unspecified atom stereocenters. The summed E-state index contributed by atoms with van der Waals surface area (Å²) in [4.78, 5) is 0. The lowest BCUT2D eigenvalue weighted by atomic mass is 10.2. The molecule has 1 aliphatic heterocycles. The lowest BCUT2D eigenvalue weighted by molar-refractivity contribution is -0.206. The lowest BCUT2D eigenvalue weighted by Crippen LogP contribution is -2.34. The molecule has 1 aliphatic rings. The van der Waals surface area contributed by atoms with Gasteiger partial charge in [-0.25, -0.2) is 0 Å². The Morgan fingerprint density at radius 3 is 2.61 bits per heavy atom. The molecule has 1 heterocycles. The molecule has 1 saturated heterocycles. The van der Waals surface area contributed by atoms with Crippen LogP contribution in [0.5, 0.6) is 0 Å². The van der Waals surface area contributed by atoms with Crippen LogP contribution in [0.4, 0.5) is 0 Å². The van der Waals surface area contributed by atoms with Crippen LogP contribution < -0.4 is 0 Å². The highest BCUT2D eigenvalue weighted by atomic mass is 16.7. The SMILES string of the molecule is CC1(C)OC[C@H](OCc2ccccc2)[C@@H](O)CO1. The number of benzene rings is 1. The van der Waals surface area contributed by atoms with Crippen molar-refractivity contribution in [2.75, 3.05) is 13.2 Å². The Kier molecular flexibility index (Phi) is 4.35. The number of rotatable bonds is 3. The Morgan fingerprint density at radius 2 is 1.89 bits per heavy atom. The van der Waals surface area contributed by atoms with Crippen molar-refractivity contribution in [1.29, 1.82) is 0 Å². The van der Waals surface area contributed by atoms with E-state index in [1.165, 1.54) is 0 Å². The summed E-state index contributed by atoms with van der Waals surface area (Å²) in [5.74, 6) is -0.661. The summed E-state index contributed by atoms with van der Waals surface area (Å²) < 4.78 is 16.7. The molecule has 0 spiro atoms. The average Bonchev–Trinajstić information content (AvgIpc) is 2.49. The van der Waals surface area contributed by atoms with Gasteiger partial charge in [0.1, 0.15) is 12.2 Å². The molecule has 1 aromatic carbocycles. The highest BCUT2D eigenvalue weighted by molar-refractivity contribution is 5.13. The minimum Gasteiger partial charge on any atom is -0.388 e. The van der Waals surface area contributed by atoms with E-state index in [0.717, 1.165) is 5.56 Å². The molecule has 2 atom stereocenters. The molecule has 1 aromatic rings. The van der Waals surface area contributed by atoms with Crippen molar-refractivity contribution in [3.8, 4) is 0 Å². The first kappa shape index (κ1) is 13.5. The predicted octanol–water partition coefficient (Wildman–Crippen LogP) is 1.72. The van der Waals surface area contributed by atoms with Crippen LogP contribution in [0.15, 0.2) is 30.3 Å². The van der Waals surface area contributed by atoms with Gasteiger partial charge in [0.25, 0.3) is 0 Å². The van der Waals surface area contributed by atoms with E-state index in [2.05, 4.69) is 0 Å². The van der Waals surface area contributed by atoms with Gasteiger partial charge in [-0.15, -0.1) is 0 Å². The quantitative estimate of drug-likeness (QED) is 0.889. The van der Waals surface area contributed by atoms with Gasteiger partial charge in [-0.05, 0) is 19.4 Å². The van der Waals surface area contributed by atoms with Crippen LogP contribution in [0.25, 0.3) is 0 Å². The van der Waals surface area contributed by atoms with Gasteiger partial charge in [0.05, 0.1) is 19.8 Å². The smallest absolute Gasteiger partial charge is 0.163 e. The van der Waals surface area contributed by atoms with Crippen LogP contribution in [0.1, 0.15) is 19.4 Å². The predicted molar refractivity (Wildman–Crippen MR) is 67.0 cm³/mol. The molecule has 18 heavy (non-hydrogen) atoms. The van der Waals surface area contributed by atoms with Gasteiger partial charge < -0.3 is 19.3 Å². The Bertz CT molecular complexity index is 363. The molecule has 4 heteroatoms. The molecule has 100 valence electrons. The summed E-state index contributed by atoms with van der Waals surface area (Å²) in [5, 5.41) is 9.93. The van der Waals surface area contributed by atoms with E-state index in [9.17, 15) is 5.11 Å². The third-order valence-electron chi connectivity index (χ3n) is 2.93. The van der Waals surface area contributed by atoms with Gasteiger partial charge in [0, 0.05) is 0 Å². The zero-order valence-corrected chi connectivity index (χ0v) is 10.8. The fourth-order valence-electron chi connectivity index (χ4n) is 1.77. The summed E-state index contributed by atoms with van der Waals surface area (Å²) in [7, 11) is 0. The van der Waals surface area contributed by atoms with Gasteiger partial charge >= 0.3 is 0 Å². The topological polar surface area (TPSA) is 47.9 Å². The van der Waals surface area contributed by atoms with Crippen molar-refractivity contribution in [1.82, 2.24) is 0 Å². The Hall–Kier alpha value is -0.940. The highest BCUT2D eigenvalue weighted by Crippen LogP contribution is 2.19. The minimum absolute atomic E-state index is 0.229. The van der Waals surface area contributed by atoms with Crippen LogP contribution in [0.3, 0.4) is 0 Å². The maximum Gasteiger partial charge on any atom is 0.163 e. The molecule has 1 N–H and O–H groups in total. The Balaban J connectivity index is 1.88. The third kappa shape index (κ3) is 3.78. The van der Waals surface area contributed by atoms with Gasteiger partial charge in [0.2, 0.25) is 0 Å². The molecule has 0 radical (unpaired) electrons. The van der Waals surface area contributed by atoms with Crippen molar-refractivity contribution in [3.63, 3.8) is 0 Å². The lowest BCUT2D eigenvalue weighted by Gasteiger charge is -2.22. The summed E-state index contributed by atoms with van der Waals surface area (Å²) in [6.45, 7) is 4.69. The van der Waals surface area contributed by atoms with Gasteiger partial charge in [0.15, 0.2) is 5.79 Å². The normalized spacial score (nSPS) is 27.7. The summed E-state index contributed by atoms with van der Waals surface area (Å²) in [6, 6.07) is 9.87. The van der Waals surface area contributed by atoms with Crippen LogP contribution in [-0.2, 0) is 20.8 Å². The monoisotopic (exact) mass is 252 g/mol. The second-order valence-corrected chi connectivity index (χ2v) is 4.92. The standard InChI is InChI=1S/C14H20O4/c1-14(2)17-9-12(15)13(10-18-14)16-8-11-6-4-3-5-7-11/h3-7,12-13,15H,8-10H2,1-2H3/t12-,13-/m0/s1. The van der Waals surface area contributed by atoms with E-state index >= 15 is 0 Å². The molecule has 0 saturated carbocycles. The summed E-state index contributed by atoms with van der Waals surface area (Å²) in [6.07, 6.45) is -1.01. The molecule has 1 fully saturated rings. The molecule has 0 aliphatic carbocycles. The van der Waals surface area contributed by atoms with Crippen LogP contribution >= 0.6 is 0 Å². The van der Waals surface area contributed by atoms with Gasteiger partial charge in [-0.2, -0.15) is 0 Å². The van der Waals surface area contributed by atoms with Crippen LogP contribution in [0, 0.1) is 0 Å². The second kappa shape index (κ2) is 5.80. The Morgan fingerprint density at radius 1 is 1.22 bits per heavy atom. The number of aliphatic hydroxyl groups is 1. The first-order chi connectivity index (χ1) is 8.57. The number of aliphatic hydroxyl groups excluding tert-OH is 1. The maximum absolute atomic E-state index is 9.93. The second-order valence-electron chi connectivity index (χ2n) is 4.92. The van der Waals surface area contributed by atoms with Crippen LogP contribution in [0.2, 0.25) is 0 Å². The zero-order chi connectivity index (χ0) is 13.0. The Labute approximate surface area is 107 Å². The van der Waals surface area contributed by atoms with E-state index < -0.39 is 11.9 Å². The number of hydrogen-bond donors (Lipinski definition) is 1. The summed E-state index contributed by atoms with van der Waals surface area (Å²) >= 11 is 0. The van der Waals surface area contributed by atoms with E-state index in [-0.39, 0.29) is 12.7 Å². The zero-order valence-electron chi connectivity index (χ0n) is 10.8. The van der Waals surface area contributed by atoms with E-state index in [4.69, 9.17) is 14.2 Å². The van der Waals surface area contributed by atoms with Crippen molar-refractivity contribution in [2.45, 2.75) is 38.4 Å². The summed E-state index contributed by atoms with van der Waals surface area (Å²) in [5.41, 5.74) is 1.08. The molecule has 4 nitrogen and oxygen atoms in total. The molecule has 0 bridgehead atoms. The highest BCUT2D eigenvalue weighted by Gasteiger charge is 2.31. The molecule has 0 amide bonds. The van der Waals surface area contributed by atoms with Crippen LogP contribution in [-0.4, -0.2) is 36.3 Å². The van der Waals surface area contributed by atoms with E-state index in [0.29, 0.717) is 13.2 Å². The first-order valence-electron chi connectivity index (χ1n) is 6.18. The van der Waals surface area contributed by atoms with Gasteiger partial charge in [-0.1, -0.05) is 30.3 Å². The average molecular weight is 252 g/mol. The van der Waals surface area contributed by atoms with Crippen molar-refractivity contribution >= 4 is 0 Å².